The van der Waals surface area contributed by atoms with Crippen LogP contribution < -0.4 is 35.1 Å². The first-order valence-corrected chi connectivity index (χ1v) is 29.0. The van der Waals surface area contributed by atoms with Crippen molar-refractivity contribution in [2.75, 3.05) is 6.61 Å². The van der Waals surface area contributed by atoms with Crippen molar-refractivity contribution in [1.82, 2.24) is 47.5 Å². The van der Waals surface area contributed by atoms with Gasteiger partial charge in [-0.25, -0.2) is 29.7 Å². The number of halogens is 8. The molecule has 0 bridgehead atoms. The van der Waals surface area contributed by atoms with Gasteiger partial charge in [-0.2, -0.15) is 0 Å². The number of carbonyl (C=O) groups is 1. The normalized spacial score (nSPS) is 10.4. The number of hydrogen-bond acceptors (Lipinski definition) is 10. The molecule has 9 heterocycles. The quantitative estimate of drug-likeness (QED) is 0.0393. The summed E-state index contributed by atoms with van der Waals surface area (Å²) in [7, 11) is 0. The first-order valence-electron chi connectivity index (χ1n) is 18.0. The van der Waals surface area contributed by atoms with Crippen LogP contribution in [0.15, 0.2) is 114 Å². The maximum Gasteiger partial charge on any atom is 1.00 e. The summed E-state index contributed by atoms with van der Waals surface area (Å²) >= 11 is 37.6. The Morgan fingerprint density at radius 1 is 0.723 bits per heavy atom. The molecule has 0 atom stereocenters. The molecule has 0 aliphatic carbocycles. The molecule has 9 aromatic heterocycles. The van der Waals surface area contributed by atoms with E-state index in [0.717, 1.165) is 38.7 Å². The minimum Gasteiger partial charge on any atom is -1.00 e. The monoisotopic (exact) mass is 1260 g/mol. The molecule has 0 fully saturated rings. The Balaban J connectivity index is 0.000000295. The van der Waals surface area contributed by atoms with Gasteiger partial charge in [0.1, 0.15) is 26.6 Å². The van der Waals surface area contributed by atoms with Crippen LogP contribution in [-0.2, 0) is 22.4 Å². The maximum atomic E-state index is 11.4. The van der Waals surface area contributed by atoms with E-state index in [1.54, 1.807) is 71.7 Å². The average molecular weight is 1270 g/mol. The Morgan fingerprint density at radius 2 is 1.14 bits per heavy atom. The second kappa shape index (κ2) is 28.5. The number of esters is 1. The van der Waals surface area contributed by atoms with Gasteiger partial charge in [-0.05, 0) is 109 Å². The van der Waals surface area contributed by atoms with Gasteiger partial charge in [-0.3, -0.25) is 4.79 Å². The zero-order chi connectivity index (χ0) is 45.6. The van der Waals surface area contributed by atoms with Crippen LogP contribution in [-0.4, -0.2) is 73.6 Å². The molecule has 9 rings (SSSR count). The summed E-state index contributed by atoms with van der Waals surface area (Å²) in [5.41, 5.74) is 6.66. The minimum atomic E-state index is -0.419. The number of fused-ring (bicyclic) bond motifs is 4. The zero-order valence-corrected chi connectivity index (χ0v) is 47.4. The molecule has 26 heteroatoms. The molecular weight excluding hydrogens is 1230 g/mol. The summed E-state index contributed by atoms with van der Waals surface area (Å²) in [5.74, 6) is 0.212. The van der Waals surface area contributed by atoms with Crippen molar-refractivity contribution < 1.29 is 45.6 Å². The molecule has 0 amide bonds. The van der Waals surface area contributed by atoms with E-state index in [-0.39, 0.29) is 55.6 Å². The van der Waals surface area contributed by atoms with E-state index in [1.807, 2.05) is 57.9 Å². The summed E-state index contributed by atoms with van der Waals surface area (Å²) in [4.78, 5) is 46.7. The molecule has 335 valence electrons. The smallest absolute Gasteiger partial charge is 1.00 e. The third-order valence-corrected chi connectivity index (χ3v) is 10.2. The number of rotatable bonds is 7. The number of nitrogens with one attached hydrogen (secondary N) is 1. The summed E-state index contributed by atoms with van der Waals surface area (Å²) in [6.07, 6.45) is 14.3. The molecule has 0 aliphatic rings. The summed E-state index contributed by atoms with van der Waals surface area (Å²) in [6.45, 7) is 3.85. The second-order valence-electron chi connectivity index (χ2n) is 12.5. The molecule has 9 aromatic rings. The SMILES string of the molecule is BrP(Br)Br.CCOC(=O)c1cn2cc(Cl)ccc2n1.Cc1cc(=O)[nH]c(SCc2cn3cc(Cl)ccc3n2)n1.Clc1ccc2nc(CBr)cn2c1.OCc1cn2cc(Cl)ccc2n1.[B].[H-].[Na+]. The van der Waals surface area contributed by atoms with Crippen LogP contribution in [0.25, 0.3) is 22.6 Å². The van der Waals surface area contributed by atoms with Crippen LogP contribution in [0.2, 0.25) is 20.1 Å². The summed E-state index contributed by atoms with van der Waals surface area (Å²) < 4.78 is 11.9. The molecule has 0 spiro atoms. The Morgan fingerprint density at radius 3 is 1.58 bits per heavy atom. The van der Waals surface area contributed by atoms with E-state index in [2.05, 4.69) is 92.3 Å². The van der Waals surface area contributed by atoms with E-state index in [4.69, 9.17) is 56.2 Å². The van der Waals surface area contributed by atoms with Gasteiger partial charge in [0, 0.05) is 80.8 Å². The summed E-state index contributed by atoms with van der Waals surface area (Å²) in [6, 6.07) is 15.9. The Bertz CT molecular complexity index is 2940. The number of H-pyrrole nitrogens is 1. The zero-order valence-electron chi connectivity index (χ0n) is 35.3. The van der Waals surface area contributed by atoms with Gasteiger partial charge >= 0.3 is 35.5 Å². The Hall–Kier alpha value is -2.01. The Kier molecular flexibility index (Phi) is 25.1. The van der Waals surface area contributed by atoms with Gasteiger partial charge in [0.2, 0.25) is 0 Å². The van der Waals surface area contributed by atoms with Gasteiger partial charge in [-0.1, -0.05) is 74.1 Å². The number of carbonyl (C=O) groups excluding carboxylic acids is 1. The number of aliphatic hydroxyl groups excluding tert-OH is 1. The molecule has 2 N–H and O–H groups in total. The number of alkyl halides is 1. The van der Waals surface area contributed by atoms with Gasteiger partial charge in [0.05, 0.1) is 50.4 Å². The largest absolute Gasteiger partial charge is 1.00 e. The number of aryl methyl sites for hydroxylation is 1. The Labute approximate surface area is 456 Å². The topological polar surface area (TPSA) is 161 Å². The van der Waals surface area contributed by atoms with Crippen LogP contribution in [0.3, 0.4) is 0 Å². The number of aromatic amines is 1. The van der Waals surface area contributed by atoms with Crippen molar-refractivity contribution in [1.29, 1.82) is 0 Å². The number of hydrogen-bond donors (Lipinski definition) is 2. The van der Waals surface area contributed by atoms with Crippen LogP contribution in [0.4, 0.5) is 0 Å². The molecule has 0 saturated carbocycles. The fraction of sp³-hybridized carbons (Fsp3) is 0.154. The number of aromatic nitrogens is 10. The molecule has 0 saturated heterocycles. The molecule has 0 aliphatic heterocycles. The number of imidazole rings is 4. The molecule has 0 aromatic carbocycles. The van der Waals surface area contributed by atoms with E-state index >= 15 is 0 Å². The van der Waals surface area contributed by atoms with Crippen molar-refractivity contribution in [3.05, 3.63) is 163 Å². The first-order chi connectivity index (χ1) is 30.1. The maximum absolute atomic E-state index is 11.4. The third-order valence-electron chi connectivity index (χ3n) is 7.80. The van der Waals surface area contributed by atoms with Crippen LogP contribution in [0, 0.1) is 6.92 Å². The van der Waals surface area contributed by atoms with Crippen molar-refractivity contribution in [2.45, 2.75) is 36.7 Å². The fourth-order valence-electron chi connectivity index (χ4n) is 5.29. The number of aliphatic hydroxyl groups is 1. The number of ether oxygens (including phenoxy) is 1. The third kappa shape index (κ3) is 18.4. The number of pyridine rings is 4. The molecular formula is C39H34BBr4Cl4N10NaO4PS. The van der Waals surface area contributed by atoms with Crippen molar-refractivity contribution in [2.24, 2.45) is 0 Å². The predicted octanol–water partition coefficient (Wildman–Crippen LogP) is 9.33. The number of nitrogens with zero attached hydrogens (tertiary/aromatic N) is 9. The van der Waals surface area contributed by atoms with Gasteiger partial charge < -0.3 is 33.9 Å². The molecule has 14 nitrogen and oxygen atoms in total. The van der Waals surface area contributed by atoms with Crippen molar-refractivity contribution in [3.8, 4) is 0 Å². The number of thioether (sulfide) groups is 1. The standard InChI is InChI=1S/C13H11ClN4OS.C10H9ClN2O2.C8H6BrClN2.C8H7ClN2O.B.Br3P.Na.H/c1-8-4-12(19)17-13(15-8)20-7-10-6-18-5-9(14)2-3-11(18)16-10;1-2-15-10(14)8-6-13-5-7(11)3-4-9(13)12-8;9-3-7-5-12-4-6(10)1-2-8(12)11-7;9-6-1-2-8-10-7(5-12)4-11(8)3-6;;1-4(2)3;;/h2-6H,7H2,1H3,(H,15,17,19);3-6H,2H2,1H3;1-2,4-5H,3H2;1-4,12H,5H2;;;;/q;;;;;;+1;-1. The predicted molar refractivity (Wildman–Crippen MR) is 275 cm³/mol. The molecule has 65 heavy (non-hydrogen) atoms. The van der Waals surface area contributed by atoms with Crippen molar-refractivity contribution in [3.63, 3.8) is 0 Å². The van der Waals surface area contributed by atoms with Crippen LogP contribution >= 0.6 is 125 Å². The fourth-order valence-corrected chi connectivity index (χ4v) is 7.04. The van der Waals surface area contributed by atoms with Crippen molar-refractivity contribution >= 4 is 162 Å². The molecule has 3 radical (unpaired) electrons. The average Bonchev–Trinajstić information content (AvgIpc) is 4.04. The van der Waals surface area contributed by atoms with E-state index in [1.165, 1.54) is 17.8 Å². The summed E-state index contributed by atoms with van der Waals surface area (Å²) in [5, 5.41) is 12.8. The van der Waals surface area contributed by atoms with E-state index < -0.39 is 5.97 Å². The molecule has 0 unspecified atom stereocenters. The van der Waals surface area contributed by atoms with Gasteiger partial charge in [0.15, 0.2) is 10.9 Å². The first kappa shape index (κ1) is 57.3. The van der Waals surface area contributed by atoms with Gasteiger partial charge in [0.25, 0.3) is 5.56 Å². The van der Waals surface area contributed by atoms with Crippen LogP contribution in [0.5, 0.6) is 0 Å². The minimum absolute atomic E-state index is 0. The van der Waals surface area contributed by atoms with E-state index in [9.17, 15) is 9.59 Å². The van der Waals surface area contributed by atoms with E-state index in [0.29, 0.717) is 55.3 Å². The van der Waals surface area contributed by atoms with Crippen LogP contribution in [0.1, 0.15) is 41.6 Å². The van der Waals surface area contributed by atoms with Gasteiger partial charge in [-0.15, -0.1) is 0 Å². The second-order valence-corrected chi connectivity index (χ2v) is 31.1.